The topological polar surface area (TPSA) is 17.1 Å². The number of ketones is 1. The Morgan fingerprint density at radius 2 is 2.39 bits per heavy atom. The van der Waals surface area contributed by atoms with E-state index in [0.717, 1.165) is 30.2 Å². The second-order valence-electron chi connectivity index (χ2n) is 5.57. The highest BCUT2D eigenvalue weighted by atomic mass is 79.9. The lowest BCUT2D eigenvalue weighted by atomic mass is 9.81. The number of Topliss-reactive ketones (excluding diaryl/α,β-unsaturated/α-hetero) is 1. The number of allylic oxidation sites excluding steroid dienone is 3. The first-order valence-electron chi connectivity index (χ1n) is 6.73. The fraction of sp³-hybridized carbons (Fsp3) is 0.667. The van der Waals surface area contributed by atoms with Gasteiger partial charge in [0.15, 0.2) is 11.5 Å². The number of hydrogen-bond acceptors (Lipinski definition) is 1. The lowest BCUT2D eigenvalue weighted by Crippen LogP contribution is -2.38. The molecule has 1 nitrogen and oxygen atoms in total. The molecule has 0 heterocycles. The standard InChI is InChI=1S/C15H20BrFO/c1-3-4-5-14(18)15(17)9-12-8-13(15)7-11(12)6-10(2)16/h7,12-13H,2-6,8-9H2,1H3/t12-,13+,15-/m0/s1. The van der Waals surface area contributed by atoms with Crippen LogP contribution in [0.15, 0.2) is 22.7 Å². The van der Waals surface area contributed by atoms with E-state index in [1.807, 2.05) is 13.0 Å². The molecule has 0 aromatic rings. The SMILES string of the molecule is C=C(Br)CC1=C[C@@H]2C[C@H]1C[C@@]2(F)C(=O)CCCC. The third-order valence-electron chi connectivity index (χ3n) is 4.23. The molecular weight excluding hydrogens is 295 g/mol. The van der Waals surface area contributed by atoms with Crippen LogP contribution in [0.2, 0.25) is 0 Å². The number of carbonyl (C=O) groups is 1. The molecule has 18 heavy (non-hydrogen) atoms. The summed E-state index contributed by atoms with van der Waals surface area (Å²) in [7, 11) is 0. The van der Waals surface area contributed by atoms with Gasteiger partial charge < -0.3 is 0 Å². The van der Waals surface area contributed by atoms with Crippen LogP contribution in [0.3, 0.4) is 0 Å². The van der Waals surface area contributed by atoms with Gasteiger partial charge >= 0.3 is 0 Å². The molecule has 100 valence electrons. The highest BCUT2D eigenvalue weighted by Crippen LogP contribution is 2.54. The van der Waals surface area contributed by atoms with Gasteiger partial charge in [0.1, 0.15) is 0 Å². The van der Waals surface area contributed by atoms with Crippen LogP contribution in [0.1, 0.15) is 45.4 Å². The minimum Gasteiger partial charge on any atom is -0.296 e. The van der Waals surface area contributed by atoms with Gasteiger partial charge in [-0.3, -0.25) is 4.79 Å². The zero-order valence-electron chi connectivity index (χ0n) is 10.8. The molecule has 0 spiro atoms. The quantitative estimate of drug-likeness (QED) is 0.648. The van der Waals surface area contributed by atoms with E-state index in [-0.39, 0.29) is 17.6 Å². The number of hydrogen-bond donors (Lipinski definition) is 0. The zero-order chi connectivity index (χ0) is 13.3. The summed E-state index contributed by atoms with van der Waals surface area (Å²) in [6, 6.07) is 0. The van der Waals surface area contributed by atoms with Gasteiger partial charge in [-0.2, -0.15) is 0 Å². The summed E-state index contributed by atoms with van der Waals surface area (Å²) >= 11 is 3.35. The van der Waals surface area contributed by atoms with Crippen molar-refractivity contribution in [1.82, 2.24) is 0 Å². The van der Waals surface area contributed by atoms with Gasteiger partial charge in [0.05, 0.1) is 0 Å². The monoisotopic (exact) mass is 314 g/mol. The van der Waals surface area contributed by atoms with Gasteiger partial charge in [-0.05, 0) is 36.1 Å². The predicted molar refractivity (Wildman–Crippen MR) is 75.4 cm³/mol. The maximum absolute atomic E-state index is 14.8. The Labute approximate surface area is 117 Å². The van der Waals surface area contributed by atoms with E-state index < -0.39 is 5.67 Å². The fourth-order valence-electron chi connectivity index (χ4n) is 3.25. The van der Waals surface area contributed by atoms with Crippen molar-refractivity contribution >= 4 is 21.7 Å². The van der Waals surface area contributed by atoms with Crippen molar-refractivity contribution in [2.45, 2.75) is 51.1 Å². The summed E-state index contributed by atoms with van der Waals surface area (Å²) in [5, 5.41) is 0. The van der Waals surface area contributed by atoms with Crippen molar-refractivity contribution in [3.05, 3.63) is 22.7 Å². The number of unbranched alkanes of at least 4 members (excludes halogenated alkanes) is 1. The van der Waals surface area contributed by atoms with Crippen molar-refractivity contribution in [3.8, 4) is 0 Å². The highest BCUT2D eigenvalue weighted by Gasteiger charge is 2.55. The largest absolute Gasteiger partial charge is 0.296 e. The summed E-state index contributed by atoms with van der Waals surface area (Å²) in [6.45, 7) is 5.86. The molecule has 1 fully saturated rings. The van der Waals surface area contributed by atoms with E-state index in [4.69, 9.17) is 0 Å². The number of halogens is 2. The van der Waals surface area contributed by atoms with Crippen LogP contribution in [0.4, 0.5) is 4.39 Å². The zero-order valence-corrected chi connectivity index (χ0v) is 12.4. The summed E-state index contributed by atoms with van der Waals surface area (Å²) in [4.78, 5) is 12.0. The molecule has 0 N–H and O–H groups in total. The average Bonchev–Trinajstić information content (AvgIpc) is 2.82. The number of carbonyl (C=O) groups excluding carboxylic acids is 1. The van der Waals surface area contributed by atoms with Crippen molar-refractivity contribution in [2.24, 2.45) is 11.8 Å². The van der Waals surface area contributed by atoms with E-state index in [1.165, 1.54) is 5.57 Å². The Balaban J connectivity index is 2.05. The number of fused-ring (bicyclic) bond motifs is 2. The Morgan fingerprint density at radius 3 is 2.89 bits per heavy atom. The van der Waals surface area contributed by atoms with Gasteiger partial charge in [0.25, 0.3) is 0 Å². The lowest BCUT2D eigenvalue weighted by Gasteiger charge is -2.27. The maximum Gasteiger partial charge on any atom is 0.175 e. The van der Waals surface area contributed by atoms with Crippen LogP contribution < -0.4 is 0 Å². The van der Waals surface area contributed by atoms with Gasteiger partial charge in [-0.1, -0.05) is 47.5 Å². The van der Waals surface area contributed by atoms with Crippen LogP contribution in [0, 0.1) is 11.8 Å². The second-order valence-corrected chi connectivity index (χ2v) is 6.69. The summed E-state index contributed by atoms with van der Waals surface area (Å²) < 4.78 is 15.7. The molecule has 0 aromatic carbocycles. The van der Waals surface area contributed by atoms with E-state index >= 15 is 0 Å². The molecule has 0 saturated heterocycles. The normalized spacial score (nSPS) is 33.6. The minimum absolute atomic E-state index is 0.176. The van der Waals surface area contributed by atoms with Gasteiger partial charge in [0.2, 0.25) is 0 Å². The molecule has 3 atom stereocenters. The average molecular weight is 315 g/mol. The number of alkyl halides is 1. The van der Waals surface area contributed by atoms with E-state index in [9.17, 15) is 9.18 Å². The van der Waals surface area contributed by atoms with E-state index in [2.05, 4.69) is 22.5 Å². The van der Waals surface area contributed by atoms with E-state index in [1.54, 1.807) is 0 Å². The number of rotatable bonds is 6. The minimum atomic E-state index is -1.57. The molecule has 0 aliphatic heterocycles. The molecule has 2 rings (SSSR count). The first kappa shape index (κ1) is 14.0. The Bertz CT molecular complexity index is 401. The van der Waals surface area contributed by atoms with Gasteiger partial charge in [-0.25, -0.2) is 4.39 Å². The second kappa shape index (κ2) is 5.28. The fourth-order valence-corrected chi connectivity index (χ4v) is 3.58. The van der Waals surface area contributed by atoms with Crippen LogP contribution in [-0.2, 0) is 4.79 Å². The molecule has 0 aromatic heterocycles. The van der Waals surface area contributed by atoms with Gasteiger partial charge in [0, 0.05) is 12.3 Å². The van der Waals surface area contributed by atoms with Crippen LogP contribution >= 0.6 is 15.9 Å². The third-order valence-corrected chi connectivity index (χ3v) is 4.51. The van der Waals surface area contributed by atoms with Gasteiger partial charge in [-0.15, -0.1) is 0 Å². The Kier molecular flexibility index (Phi) is 4.10. The summed E-state index contributed by atoms with van der Waals surface area (Å²) in [6.07, 6.45) is 6.13. The Hall–Kier alpha value is -0.440. The van der Waals surface area contributed by atoms with Crippen molar-refractivity contribution in [3.63, 3.8) is 0 Å². The molecule has 2 bridgehead atoms. The predicted octanol–water partition coefficient (Wildman–Crippen LogP) is 4.72. The molecule has 2 aliphatic rings. The third kappa shape index (κ3) is 2.47. The first-order valence-corrected chi connectivity index (χ1v) is 7.52. The molecule has 2 aliphatic carbocycles. The van der Waals surface area contributed by atoms with Crippen LogP contribution in [0.25, 0.3) is 0 Å². The van der Waals surface area contributed by atoms with Crippen LogP contribution in [0.5, 0.6) is 0 Å². The maximum atomic E-state index is 14.8. The summed E-state index contributed by atoms with van der Waals surface area (Å²) in [5.74, 6) is -0.113. The van der Waals surface area contributed by atoms with Crippen molar-refractivity contribution < 1.29 is 9.18 Å². The van der Waals surface area contributed by atoms with E-state index in [0.29, 0.717) is 12.8 Å². The van der Waals surface area contributed by atoms with Crippen molar-refractivity contribution in [2.75, 3.05) is 0 Å². The molecule has 0 unspecified atom stereocenters. The molecule has 3 heteroatoms. The molecule has 1 saturated carbocycles. The van der Waals surface area contributed by atoms with Crippen molar-refractivity contribution in [1.29, 1.82) is 0 Å². The smallest absolute Gasteiger partial charge is 0.175 e. The molecular formula is C15H20BrFO. The molecule has 0 amide bonds. The Morgan fingerprint density at radius 1 is 1.67 bits per heavy atom. The molecule has 0 radical (unpaired) electrons. The lowest BCUT2D eigenvalue weighted by molar-refractivity contribution is -0.132. The summed E-state index contributed by atoms with van der Waals surface area (Å²) in [5.41, 5.74) is -0.310. The van der Waals surface area contributed by atoms with Crippen LogP contribution in [-0.4, -0.2) is 11.5 Å². The highest BCUT2D eigenvalue weighted by molar-refractivity contribution is 9.11. The first-order chi connectivity index (χ1) is 8.47.